The molecule has 1 aliphatic heterocycles. The molecule has 30 heavy (non-hydrogen) atoms. The molecular formula is C24H20N2O3S. The molecule has 0 atom stereocenters. The molecule has 4 rings (SSSR count). The van der Waals surface area contributed by atoms with Gasteiger partial charge in [-0.15, -0.1) is 11.8 Å². The fraction of sp³-hybridized carbons (Fsp3) is 0.125. The molecule has 150 valence electrons. The molecule has 0 aromatic heterocycles. The number of amides is 3. The van der Waals surface area contributed by atoms with Crippen molar-refractivity contribution >= 4 is 57.2 Å². The van der Waals surface area contributed by atoms with E-state index in [9.17, 15) is 14.4 Å². The van der Waals surface area contributed by atoms with Gasteiger partial charge in [0.2, 0.25) is 5.91 Å². The molecule has 6 heteroatoms. The van der Waals surface area contributed by atoms with Crippen LogP contribution in [0.5, 0.6) is 0 Å². The van der Waals surface area contributed by atoms with Crippen LogP contribution in [0.1, 0.15) is 19.4 Å². The summed E-state index contributed by atoms with van der Waals surface area (Å²) in [4.78, 5) is 39.8. The molecule has 0 radical (unpaired) electrons. The second-order valence-electron chi connectivity index (χ2n) is 6.84. The Morgan fingerprint density at radius 1 is 0.933 bits per heavy atom. The number of anilines is 2. The number of hydrogen-bond acceptors (Lipinski definition) is 4. The third kappa shape index (κ3) is 3.50. The quantitative estimate of drug-likeness (QED) is 0.605. The zero-order chi connectivity index (χ0) is 21.3. The van der Waals surface area contributed by atoms with Crippen LogP contribution in [0.3, 0.4) is 0 Å². The molecule has 1 aliphatic rings. The summed E-state index contributed by atoms with van der Waals surface area (Å²) in [6.07, 6.45) is 0. The fourth-order valence-electron chi connectivity index (χ4n) is 3.59. The molecule has 1 heterocycles. The summed E-state index contributed by atoms with van der Waals surface area (Å²) in [6, 6.07) is 20.3. The number of nitrogens with one attached hydrogen (secondary N) is 1. The Morgan fingerprint density at radius 2 is 1.63 bits per heavy atom. The number of thioether (sulfide) groups is 1. The van der Waals surface area contributed by atoms with Crippen LogP contribution in [0.2, 0.25) is 0 Å². The maximum Gasteiger partial charge on any atom is 0.272 e. The summed E-state index contributed by atoms with van der Waals surface area (Å²) < 4.78 is 0. The first-order chi connectivity index (χ1) is 14.5. The summed E-state index contributed by atoms with van der Waals surface area (Å²) in [5.74, 6) is -0.132. The van der Waals surface area contributed by atoms with E-state index in [1.54, 1.807) is 30.3 Å². The van der Waals surface area contributed by atoms with Crippen molar-refractivity contribution < 1.29 is 14.4 Å². The average molecular weight is 417 g/mol. The zero-order valence-corrected chi connectivity index (χ0v) is 17.5. The molecule has 5 nitrogen and oxygen atoms in total. The van der Waals surface area contributed by atoms with Gasteiger partial charge in [-0.25, -0.2) is 4.90 Å². The van der Waals surface area contributed by atoms with Gasteiger partial charge < -0.3 is 5.32 Å². The minimum absolute atomic E-state index is 0.168. The van der Waals surface area contributed by atoms with Gasteiger partial charge in [0.05, 0.1) is 16.2 Å². The lowest BCUT2D eigenvalue weighted by molar-refractivity contribution is -0.120. The molecule has 0 saturated heterocycles. The van der Waals surface area contributed by atoms with Gasteiger partial charge >= 0.3 is 0 Å². The average Bonchev–Trinajstić information content (AvgIpc) is 2.98. The van der Waals surface area contributed by atoms with E-state index in [-0.39, 0.29) is 17.7 Å². The van der Waals surface area contributed by atoms with E-state index in [0.29, 0.717) is 33.2 Å². The van der Waals surface area contributed by atoms with Crippen LogP contribution < -0.4 is 10.2 Å². The molecule has 3 amide bonds. The Kier molecular flexibility index (Phi) is 5.42. The number of rotatable bonds is 5. The van der Waals surface area contributed by atoms with Gasteiger partial charge in [-0.2, -0.15) is 0 Å². The van der Waals surface area contributed by atoms with Gasteiger partial charge in [-0.1, -0.05) is 55.5 Å². The van der Waals surface area contributed by atoms with Crippen LogP contribution in [-0.4, -0.2) is 23.5 Å². The monoisotopic (exact) mass is 416 g/mol. The Morgan fingerprint density at radius 3 is 2.33 bits per heavy atom. The van der Waals surface area contributed by atoms with Crippen molar-refractivity contribution in [1.82, 2.24) is 0 Å². The summed E-state index contributed by atoms with van der Waals surface area (Å²) >= 11 is 1.37. The number of hydrogen-bond donors (Lipinski definition) is 1. The predicted molar refractivity (Wildman–Crippen MR) is 122 cm³/mol. The minimum Gasteiger partial charge on any atom is -0.326 e. The van der Waals surface area contributed by atoms with Gasteiger partial charge in [0.15, 0.2) is 0 Å². The SMILES string of the molecule is CCSC1=C(c2ccc(NC(C)=O)cc2)C(=O)N(c2cccc3ccccc23)C1=O. The third-order valence-electron chi connectivity index (χ3n) is 4.83. The van der Waals surface area contributed by atoms with Crippen LogP contribution in [-0.2, 0) is 14.4 Å². The van der Waals surface area contributed by atoms with Crippen molar-refractivity contribution in [3.63, 3.8) is 0 Å². The highest BCUT2D eigenvalue weighted by atomic mass is 32.2. The normalized spacial score (nSPS) is 14.0. The highest BCUT2D eigenvalue weighted by molar-refractivity contribution is 8.04. The van der Waals surface area contributed by atoms with Crippen molar-refractivity contribution in [2.45, 2.75) is 13.8 Å². The molecule has 0 spiro atoms. The first kappa shape index (κ1) is 19.9. The van der Waals surface area contributed by atoms with E-state index in [1.165, 1.54) is 23.6 Å². The molecule has 0 bridgehead atoms. The highest BCUT2D eigenvalue weighted by Gasteiger charge is 2.40. The third-order valence-corrected chi connectivity index (χ3v) is 5.79. The number of benzene rings is 3. The lowest BCUT2D eigenvalue weighted by Gasteiger charge is -2.17. The van der Waals surface area contributed by atoms with E-state index in [1.807, 2.05) is 43.3 Å². The molecule has 0 fully saturated rings. The smallest absolute Gasteiger partial charge is 0.272 e. The molecule has 3 aromatic rings. The first-order valence-electron chi connectivity index (χ1n) is 9.63. The van der Waals surface area contributed by atoms with E-state index in [2.05, 4.69) is 5.32 Å². The second kappa shape index (κ2) is 8.16. The number of imide groups is 1. The highest BCUT2D eigenvalue weighted by Crippen LogP contribution is 2.40. The van der Waals surface area contributed by atoms with Crippen LogP contribution in [0.25, 0.3) is 16.3 Å². The maximum absolute atomic E-state index is 13.5. The Hall–Kier alpha value is -3.38. The number of nitrogens with zero attached hydrogens (tertiary/aromatic N) is 1. The van der Waals surface area contributed by atoms with Crippen molar-refractivity contribution in [2.24, 2.45) is 0 Å². The maximum atomic E-state index is 13.5. The predicted octanol–water partition coefficient (Wildman–Crippen LogP) is 4.84. The Bertz CT molecular complexity index is 1190. The van der Waals surface area contributed by atoms with Gasteiger partial charge in [0.25, 0.3) is 11.8 Å². The molecule has 0 aliphatic carbocycles. The van der Waals surface area contributed by atoms with Crippen LogP contribution in [0.15, 0.2) is 71.6 Å². The summed E-state index contributed by atoms with van der Waals surface area (Å²) in [5, 5.41) is 4.53. The molecule has 1 N–H and O–H groups in total. The molecular weight excluding hydrogens is 396 g/mol. The van der Waals surface area contributed by atoms with Crippen molar-refractivity contribution in [3.05, 3.63) is 77.2 Å². The van der Waals surface area contributed by atoms with Crippen LogP contribution >= 0.6 is 11.8 Å². The van der Waals surface area contributed by atoms with E-state index >= 15 is 0 Å². The van der Waals surface area contributed by atoms with Gasteiger partial charge in [-0.3, -0.25) is 14.4 Å². The van der Waals surface area contributed by atoms with Crippen molar-refractivity contribution in [3.8, 4) is 0 Å². The lowest BCUT2D eigenvalue weighted by atomic mass is 10.1. The van der Waals surface area contributed by atoms with Gasteiger partial charge in [0, 0.05) is 18.0 Å². The van der Waals surface area contributed by atoms with E-state index in [4.69, 9.17) is 0 Å². The Balaban J connectivity index is 1.79. The fourth-order valence-corrected chi connectivity index (χ4v) is 4.44. The number of fused-ring (bicyclic) bond motifs is 1. The first-order valence-corrected chi connectivity index (χ1v) is 10.6. The topological polar surface area (TPSA) is 66.5 Å². The van der Waals surface area contributed by atoms with E-state index < -0.39 is 0 Å². The molecule has 3 aromatic carbocycles. The minimum atomic E-state index is -0.334. The standard InChI is InChI=1S/C24H20N2O3S/c1-3-30-22-21(17-11-13-18(14-12-17)25-15(2)27)23(28)26(24(22)29)20-10-6-8-16-7-4-5-9-19(16)20/h4-14H,3H2,1-2H3,(H,25,27). The van der Waals surface area contributed by atoms with Crippen molar-refractivity contribution in [1.29, 1.82) is 0 Å². The van der Waals surface area contributed by atoms with Gasteiger partial charge in [-0.05, 0) is 34.9 Å². The molecule has 0 unspecified atom stereocenters. The summed E-state index contributed by atoms with van der Waals surface area (Å²) in [7, 11) is 0. The van der Waals surface area contributed by atoms with Crippen LogP contribution in [0, 0.1) is 0 Å². The Labute approximate surface area is 178 Å². The second-order valence-corrected chi connectivity index (χ2v) is 8.11. The molecule has 0 saturated carbocycles. The summed E-state index contributed by atoms with van der Waals surface area (Å²) in [6.45, 7) is 3.39. The largest absolute Gasteiger partial charge is 0.326 e. The van der Waals surface area contributed by atoms with Crippen molar-refractivity contribution in [2.75, 3.05) is 16.0 Å². The lowest BCUT2D eigenvalue weighted by Crippen LogP contribution is -2.31. The van der Waals surface area contributed by atoms with Crippen LogP contribution in [0.4, 0.5) is 11.4 Å². The van der Waals surface area contributed by atoms with Gasteiger partial charge in [0.1, 0.15) is 0 Å². The number of carbonyl (C=O) groups excluding carboxylic acids is 3. The zero-order valence-electron chi connectivity index (χ0n) is 16.6. The summed E-state index contributed by atoms with van der Waals surface area (Å²) in [5.41, 5.74) is 2.27. The number of carbonyl (C=O) groups is 3. The van der Waals surface area contributed by atoms with E-state index in [0.717, 1.165) is 10.8 Å².